The number of amides is 5. The van der Waals surface area contributed by atoms with E-state index in [1.165, 1.54) is 4.90 Å². The van der Waals surface area contributed by atoms with Crippen LogP contribution < -0.4 is 16.0 Å². The fraction of sp³-hybridized carbons (Fsp3) is 0.423. The van der Waals surface area contributed by atoms with Gasteiger partial charge in [-0.3, -0.25) is 24.4 Å². The summed E-state index contributed by atoms with van der Waals surface area (Å²) in [6, 6.07) is 18.2. The molecular weight excluding hydrogens is 458 g/mol. The second-order valence-corrected chi connectivity index (χ2v) is 9.47. The van der Waals surface area contributed by atoms with Crippen molar-refractivity contribution in [3.8, 4) is 0 Å². The molecule has 0 aromatic heterocycles. The third-order valence-electron chi connectivity index (χ3n) is 7.62. The van der Waals surface area contributed by atoms with E-state index in [0.29, 0.717) is 6.54 Å². The fourth-order valence-electron chi connectivity index (χ4n) is 5.95. The van der Waals surface area contributed by atoms with E-state index in [4.69, 9.17) is 0 Å². The highest BCUT2D eigenvalue weighted by atomic mass is 16.2. The van der Waals surface area contributed by atoms with E-state index >= 15 is 0 Å². The van der Waals surface area contributed by atoms with Gasteiger partial charge >= 0.3 is 12.1 Å². The SMILES string of the molecule is CN1C(=O)N(C)C2(c3ccccc3)N(CC(=O)NCCN3CCNCC3)C(=O)NC12c1ccccc1. The van der Waals surface area contributed by atoms with Crippen LogP contribution in [0.2, 0.25) is 0 Å². The Morgan fingerprint density at radius 3 is 2.17 bits per heavy atom. The van der Waals surface area contributed by atoms with Crippen LogP contribution in [0, 0.1) is 0 Å². The normalized spacial score (nSPS) is 26.2. The number of piperazine rings is 1. The molecule has 3 aliphatic rings. The molecule has 2 unspecified atom stereocenters. The summed E-state index contributed by atoms with van der Waals surface area (Å²) in [5.41, 5.74) is -1.03. The van der Waals surface area contributed by atoms with Crippen LogP contribution in [0.4, 0.5) is 9.59 Å². The number of benzene rings is 2. The molecule has 3 fully saturated rings. The van der Waals surface area contributed by atoms with Crippen LogP contribution in [0.5, 0.6) is 0 Å². The van der Waals surface area contributed by atoms with E-state index < -0.39 is 17.4 Å². The van der Waals surface area contributed by atoms with E-state index in [0.717, 1.165) is 43.9 Å². The van der Waals surface area contributed by atoms with E-state index in [9.17, 15) is 14.4 Å². The molecule has 190 valence electrons. The third-order valence-corrected chi connectivity index (χ3v) is 7.62. The molecule has 3 aliphatic heterocycles. The maximum atomic E-state index is 13.7. The lowest BCUT2D eigenvalue weighted by Crippen LogP contribution is -2.63. The van der Waals surface area contributed by atoms with Crippen molar-refractivity contribution >= 4 is 18.0 Å². The van der Waals surface area contributed by atoms with Crippen molar-refractivity contribution < 1.29 is 14.4 Å². The van der Waals surface area contributed by atoms with Gasteiger partial charge in [0.25, 0.3) is 0 Å². The smallest absolute Gasteiger partial charge is 0.324 e. The summed E-state index contributed by atoms with van der Waals surface area (Å²) < 4.78 is 0. The Kier molecular flexibility index (Phi) is 6.31. The van der Waals surface area contributed by atoms with Gasteiger partial charge in [0.15, 0.2) is 11.3 Å². The van der Waals surface area contributed by atoms with Crippen molar-refractivity contribution in [2.75, 3.05) is 59.9 Å². The minimum Gasteiger partial charge on any atom is -0.353 e. The highest BCUT2D eigenvalue weighted by Crippen LogP contribution is 2.56. The molecule has 0 saturated carbocycles. The summed E-state index contributed by atoms with van der Waals surface area (Å²) in [7, 11) is 3.37. The number of likely N-dealkylation sites (N-methyl/N-ethyl adjacent to an activating group) is 2. The first-order chi connectivity index (χ1) is 17.4. The predicted octanol–water partition coefficient (Wildman–Crippen LogP) is 0.736. The van der Waals surface area contributed by atoms with Gasteiger partial charge in [-0.25, -0.2) is 9.59 Å². The first kappa shape index (κ1) is 24.1. The predicted molar refractivity (Wildman–Crippen MR) is 135 cm³/mol. The summed E-state index contributed by atoms with van der Waals surface area (Å²) in [4.78, 5) is 47.3. The minimum absolute atomic E-state index is 0.192. The van der Waals surface area contributed by atoms with Crippen molar-refractivity contribution in [1.29, 1.82) is 0 Å². The van der Waals surface area contributed by atoms with Gasteiger partial charge in [0.1, 0.15) is 6.54 Å². The van der Waals surface area contributed by atoms with E-state index in [2.05, 4.69) is 20.9 Å². The average Bonchev–Trinajstić information content (AvgIpc) is 3.26. The van der Waals surface area contributed by atoms with Gasteiger partial charge in [0.2, 0.25) is 5.91 Å². The minimum atomic E-state index is -1.28. The fourth-order valence-corrected chi connectivity index (χ4v) is 5.95. The molecular formula is C26H33N7O3. The first-order valence-corrected chi connectivity index (χ1v) is 12.3. The summed E-state index contributed by atoms with van der Waals surface area (Å²) in [6.07, 6.45) is 0. The zero-order valence-corrected chi connectivity index (χ0v) is 20.7. The molecule has 2 aromatic carbocycles. The van der Waals surface area contributed by atoms with Gasteiger partial charge in [0, 0.05) is 64.5 Å². The number of hydrogen-bond donors (Lipinski definition) is 3. The lowest BCUT2D eigenvalue weighted by Gasteiger charge is -2.46. The van der Waals surface area contributed by atoms with E-state index in [1.807, 2.05) is 60.7 Å². The first-order valence-electron chi connectivity index (χ1n) is 12.3. The van der Waals surface area contributed by atoms with Gasteiger partial charge in [-0.1, -0.05) is 60.7 Å². The monoisotopic (exact) mass is 491 g/mol. The molecule has 0 bridgehead atoms. The van der Waals surface area contributed by atoms with Crippen molar-refractivity contribution in [1.82, 2.24) is 35.6 Å². The van der Waals surface area contributed by atoms with Gasteiger partial charge < -0.3 is 16.0 Å². The number of hydrogen-bond acceptors (Lipinski definition) is 5. The molecule has 3 heterocycles. The topological polar surface area (TPSA) is 100 Å². The lowest BCUT2D eigenvalue weighted by molar-refractivity contribution is -0.125. The Morgan fingerprint density at radius 1 is 0.917 bits per heavy atom. The molecule has 10 nitrogen and oxygen atoms in total. The van der Waals surface area contributed by atoms with Crippen molar-refractivity contribution in [3.05, 3.63) is 71.8 Å². The number of nitrogens with one attached hydrogen (secondary N) is 3. The number of fused-ring (bicyclic) bond motifs is 1. The number of rotatable bonds is 7. The van der Waals surface area contributed by atoms with Crippen molar-refractivity contribution in [3.63, 3.8) is 0 Å². The molecule has 0 radical (unpaired) electrons. The molecule has 36 heavy (non-hydrogen) atoms. The van der Waals surface area contributed by atoms with Crippen LogP contribution in [-0.2, 0) is 16.1 Å². The van der Waals surface area contributed by atoms with Crippen LogP contribution in [0.1, 0.15) is 11.1 Å². The van der Waals surface area contributed by atoms with Crippen LogP contribution >= 0.6 is 0 Å². The van der Waals surface area contributed by atoms with Gasteiger partial charge in [-0.05, 0) is 0 Å². The standard InChI is InChI=1S/C26H33N7O3/c1-30-24(36)31(2)26(21-11-7-4-8-12-21)25(30,20-9-5-3-6-10-20)29-23(35)33(26)19-22(34)28-15-18-32-16-13-27-14-17-32/h3-12,27H,13-19H2,1-2H3,(H,28,34)(H,29,35). The molecule has 2 atom stereocenters. The quantitative estimate of drug-likeness (QED) is 0.531. The van der Waals surface area contributed by atoms with Crippen LogP contribution in [0.3, 0.4) is 0 Å². The summed E-state index contributed by atoms with van der Waals surface area (Å²) in [6.45, 7) is 4.82. The summed E-state index contributed by atoms with van der Waals surface area (Å²) >= 11 is 0. The number of carbonyl (C=O) groups is 3. The highest BCUT2D eigenvalue weighted by molar-refractivity contribution is 5.92. The summed E-state index contributed by atoms with van der Waals surface area (Å²) in [5, 5.41) is 9.41. The zero-order chi connectivity index (χ0) is 25.3. The maximum absolute atomic E-state index is 13.7. The largest absolute Gasteiger partial charge is 0.353 e. The number of urea groups is 2. The Balaban J connectivity index is 1.51. The average molecular weight is 492 g/mol. The van der Waals surface area contributed by atoms with Crippen molar-refractivity contribution in [2.45, 2.75) is 11.3 Å². The molecule has 0 spiro atoms. The zero-order valence-electron chi connectivity index (χ0n) is 20.7. The lowest BCUT2D eigenvalue weighted by atomic mass is 9.80. The molecule has 5 rings (SSSR count). The number of carbonyl (C=O) groups excluding carboxylic acids is 3. The van der Waals surface area contributed by atoms with Crippen LogP contribution in [0.15, 0.2) is 60.7 Å². The molecule has 10 heteroatoms. The van der Waals surface area contributed by atoms with Crippen LogP contribution in [0.25, 0.3) is 0 Å². The third kappa shape index (κ3) is 3.51. The second-order valence-electron chi connectivity index (χ2n) is 9.47. The Bertz CT molecular complexity index is 1120. The molecule has 3 saturated heterocycles. The Morgan fingerprint density at radius 2 is 1.53 bits per heavy atom. The maximum Gasteiger partial charge on any atom is 0.324 e. The molecule has 3 N–H and O–H groups in total. The molecule has 2 aromatic rings. The van der Waals surface area contributed by atoms with Gasteiger partial charge in [-0.2, -0.15) is 0 Å². The number of nitrogens with zero attached hydrogens (tertiary/aromatic N) is 4. The molecule has 5 amide bonds. The highest BCUT2D eigenvalue weighted by Gasteiger charge is 2.75. The van der Waals surface area contributed by atoms with E-state index in [-0.39, 0.29) is 18.5 Å². The second kappa shape index (κ2) is 9.44. The van der Waals surface area contributed by atoms with Crippen molar-refractivity contribution in [2.24, 2.45) is 0 Å². The summed E-state index contributed by atoms with van der Waals surface area (Å²) in [5.74, 6) is -0.269. The Labute approximate surface area is 211 Å². The van der Waals surface area contributed by atoms with Gasteiger partial charge in [-0.15, -0.1) is 0 Å². The van der Waals surface area contributed by atoms with Crippen LogP contribution in [-0.4, -0.2) is 97.5 Å². The Hall–Kier alpha value is -3.63. The molecule has 0 aliphatic carbocycles. The van der Waals surface area contributed by atoms with E-state index in [1.54, 1.807) is 23.9 Å². The van der Waals surface area contributed by atoms with Gasteiger partial charge in [0.05, 0.1) is 0 Å².